The zero-order chi connectivity index (χ0) is 19.8. The molecule has 1 fully saturated rings. The van der Waals surface area contributed by atoms with E-state index in [1.807, 2.05) is 0 Å². The van der Waals surface area contributed by atoms with Crippen LogP contribution in [-0.2, 0) is 12.4 Å². The number of halogens is 6. The van der Waals surface area contributed by atoms with Crippen LogP contribution >= 0.6 is 0 Å². The van der Waals surface area contributed by atoms with Gasteiger partial charge in [-0.05, 0) is 49.5 Å². The van der Waals surface area contributed by atoms with Gasteiger partial charge in [-0.3, -0.25) is 0 Å². The van der Waals surface area contributed by atoms with E-state index in [-0.39, 0.29) is 16.9 Å². The highest BCUT2D eigenvalue weighted by Crippen LogP contribution is 2.39. The molecule has 0 spiro atoms. The molecule has 3 rings (SSSR count). The Hall–Kier alpha value is -1.83. The van der Waals surface area contributed by atoms with Crippen molar-refractivity contribution in [2.45, 2.75) is 44.5 Å². The summed E-state index contributed by atoms with van der Waals surface area (Å²) in [7, 11) is 0. The van der Waals surface area contributed by atoms with Crippen LogP contribution in [0.5, 0.6) is 0 Å². The van der Waals surface area contributed by atoms with Gasteiger partial charge in [0, 0.05) is 11.9 Å². The molecule has 1 aromatic carbocycles. The van der Waals surface area contributed by atoms with Gasteiger partial charge in [0.25, 0.3) is 0 Å². The molecular weight excluding hydrogens is 370 g/mol. The van der Waals surface area contributed by atoms with E-state index in [1.54, 1.807) is 6.92 Å². The van der Waals surface area contributed by atoms with Gasteiger partial charge in [-0.2, -0.15) is 26.3 Å². The van der Waals surface area contributed by atoms with E-state index < -0.39 is 29.1 Å². The SMILES string of the molecule is CC(CN1CCCCC1)c1cc(C(F)(F)F)nc2c(C(F)(F)F)cccc12. The quantitative estimate of drug-likeness (QED) is 0.610. The molecular formula is C19H20F6N2. The molecule has 0 amide bonds. The summed E-state index contributed by atoms with van der Waals surface area (Å²) < 4.78 is 79.8. The smallest absolute Gasteiger partial charge is 0.303 e. The third kappa shape index (κ3) is 4.36. The lowest BCUT2D eigenvalue weighted by Crippen LogP contribution is -2.33. The molecule has 148 valence electrons. The first-order chi connectivity index (χ1) is 12.6. The van der Waals surface area contributed by atoms with Crippen molar-refractivity contribution in [3.8, 4) is 0 Å². The van der Waals surface area contributed by atoms with Gasteiger partial charge in [0.1, 0.15) is 5.69 Å². The number of hydrogen-bond acceptors (Lipinski definition) is 2. The lowest BCUT2D eigenvalue weighted by Gasteiger charge is -2.30. The Balaban J connectivity index is 2.12. The molecule has 2 nitrogen and oxygen atoms in total. The largest absolute Gasteiger partial charge is 0.433 e. The molecule has 2 heterocycles. The summed E-state index contributed by atoms with van der Waals surface area (Å²) in [5.41, 5.74) is -2.81. The second-order valence-electron chi connectivity index (χ2n) is 7.06. The van der Waals surface area contributed by atoms with Crippen molar-refractivity contribution in [1.82, 2.24) is 9.88 Å². The molecule has 8 heteroatoms. The van der Waals surface area contributed by atoms with Gasteiger partial charge in [-0.15, -0.1) is 0 Å². The lowest BCUT2D eigenvalue weighted by molar-refractivity contribution is -0.142. The molecule has 1 aromatic heterocycles. The zero-order valence-corrected chi connectivity index (χ0v) is 14.8. The number of rotatable bonds is 3. The van der Waals surface area contributed by atoms with Gasteiger partial charge in [0.15, 0.2) is 0 Å². The van der Waals surface area contributed by atoms with Crippen LogP contribution in [-0.4, -0.2) is 29.5 Å². The predicted molar refractivity (Wildman–Crippen MR) is 90.5 cm³/mol. The van der Waals surface area contributed by atoms with Crippen LogP contribution in [0.15, 0.2) is 24.3 Å². The van der Waals surface area contributed by atoms with Crippen molar-refractivity contribution in [2.24, 2.45) is 0 Å². The number of fused-ring (bicyclic) bond motifs is 1. The summed E-state index contributed by atoms with van der Waals surface area (Å²) in [6.07, 6.45) is -6.42. The van der Waals surface area contributed by atoms with Crippen molar-refractivity contribution in [3.63, 3.8) is 0 Å². The third-order valence-corrected chi connectivity index (χ3v) is 4.98. The number of hydrogen-bond donors (Lipinski definition) is 0. The zero-order valence-electron chi connectivity index (χ0n) is 14.8. The third-order valence-electron chi connectivity index (χ3n) is 4.98. The fraction of sp³-hybridized carbons (Fsp3) is 0.526. The topological polar surface area (TPSA) is 16.1 Å². The minimum absolute atomic E-state index is 0.127. The number of alkyl halides is 6. The molecule has 0 N–H and O–H groups in total. The normalized spacial score (nSPS) is 18.0. The Bertz CT molecular complexity index is 806. The van der Waals surface area contributed by atoms with Crippen molar-refractivity contribution in [2.75, 3.05) is 19.6 Å². The highest BCUT2D eigenvalue weighted by Gasteiger charge is 2.37. The van der Waals surface area contributed by atoms with E-state index in [9.17, 15) is 26.3 Å². The van der Waals surface area contributed by atoms with Gasteiger partial charge in [0.05, 0.1) is 11.1 Å². The molecule has 0 bridgehead atoms. The maximum atomic E-state index is 13.3. The maximum absolute atomic E-state index is 13.3. The van der Waals surface area contributed by atoms with Crippen LogP contribution < -0.4 is 0 Å². The second kappa shape index (κ2) is 7.30. The van der Waals surface area contributed by atoms with E-state index in [4.69, 9.17) is 0 Å². The van der Waals surface area contributed by atoms with E-state index >= 15 is 0 Å². The maximum Gasteiger partial charge on any atom is 0.433 e. The number of benzene rings is 1. The number of piperidine rings is 1. The molecule has 0 radical (unpaired) electrons. The van der Waals surface area contributed by atoms with E-state index in [2.05, 4.69) is 9.88 Å². The first-order valence-electron chi connectivity index (χ1n) is 8.88. The van der Waals surface area contributed by atoms with Crippen LogP contribution in [0.25, 0.3) is 10.9 Å². The summed E-state index contributed by atoms with van der Waals surface area (Å²) in [5.74, 6) is -0.349. The number of aromatic nitrogens is 1. The van der Waals surface area contributed by atoms with Crippen molar-refractivity contribution in [3.05, 3.63) is 41.1 Å². The summed E-state index contributed by atoms with van der Waals surface area (Å²) in [5, 5.41) is 0.127. The van der Waals surface area contributed by atoms with Crippen LogP contribution in [0.4, 0.5) is 26.3 Å². The summed E-state index contributed by atoms with van der Waals surface area (Å²) in [4.78, 5) is 5.50. The first-order valence-corrected chi connectivity index (χ1v) is 8.88. The minimum Gasteiger partial charge on any atom is -0.303 e. The van der Waals surface area contributed by atoms with Gasteiger partial charge in [-0.1, -0.05) is 25.5 Å². The van der Waals surface area contributed by atoms with Gasteiger partial charge in [0.2, 0.25) is 0 Å². The number of nitrogens with zero attached hydrogens (tertiary/aromatic N) is 2. The Morgan fingerprint density at radius 2 is 1.67 bits per heavy atom. The molecule has 2 aromatic rings. The van der Waals surface area contributed by atoms with Crippen LogP contribution in [0.2, 0.25) is 0 Å². The number of para-hydroxylation sites is 1. The molecule has 0 aliphatic carbocycles. The highest BCUT2D eigenvalue weighted by molar-refractivity contribution is 5.86. The van der Waals surface area contributed by atoms with Crippen molar-refractivity contribution >= 4 is 10.9 Å². The summed E-state index contributed by atoms with van der Waals surface area (Å²) >= 11 is 0. The summed E-state index contributed by atoms with van der Waals surface area (Å²) in [6.45, 7) is 3.97. The Morgan fingerprint density at radius 3 is 2.26 bits per heavy atom. The second-order valence-corrected chi connectivity index (χ2v) is 7.06. The standard InChI is InChI=1S/C19H20F6N2/c1-12(11-27-8-3-2-4-9-27)14-10-16(19(23,24)25)26-17-13(14)6-5-7-15(17)18(20,21)22/h5-7,10,12H,2-4,8-9,11H2,1H3. The van der Waals surface area contributed by atoms with E-state index in [0.717, 1.165) is 44.5 Å². The molecule has 1 unspecified atom stereocenters. The fourth-order valence-corrected chi connectivity index (χ4v) is 3.68. The molecule has 1 aliphatic rings. The molecule has 0 saturated carbocycles. The molecule has 1 atom stereocenters. The van der Waals surface area contributed by atoms with Crippen LogP contribution in [0, 0.1) is 0 Å². The van der Waals surface area contributed by atoms with Gasteiger partial charge < -0.3 is 4.90 Å². The summed E-state index contributed by atoms with van der Waals surface area (Å²) in [6, 6.07) is 4.31. The molecule has 1 aliphatic heterocycles. The molecule has 27 heavy (non-hydrogen) atoms. The number of likely N-dealkylation sites (tertiary alicyclic amines) is 1. The van der Waals surface area contributed by atoms with Crippen molar-refractivity contribution in [1.29, 1.82) is 0 Å². The monoisotopic (exact) mass is 390 g/mol. The fourth-order valence-electron chi connectivity index (χ4n) is 3.68. The van der Waals surface area contributed by atoms with Crippen molar-refractivity contribution < 1.29 is 26.3 Å². The Labute approximate surface area is 153 Å². The van der Waals surface area contributed by atoms with Gasteiger partial charge >= 0.3 is 12.4 Å². The van der Waals surface area contributed by atoms with E-state index in [0.29, 0.717) is 6.54 Å². The minimum atomic E-state index is -4.81. The average molecular weight is 390 g/mol. The average Bonchev–Trinajstić information content (AvgIpc) is 2.59. The van der Waals surface area contributed by atoms with Crippen LogP contribution in [0.3, 0.4) is 0 Å². The van der Waals surface area contributed by atoms with Crippen LogP contribution in [0.1, 0.15) is 48.9 Å². The number of pyridine rings is 1. The highest BCUT2D eigenvalue weighted by atomic mass is 19.4. The first kappa shape index (κ1) is 19.9. The lowest BCUT2D eigenvalue weighted by atomic mass is 9.93. The Kier molecular flexibility index (Phi) is 5.38. The molecule has 1 saturated heterocycles. The van der Waals surface area contributed by atoms with Gasteiger partial charge in [-0.25, -0.2) is 4.98 Å². The predicted octanol–water partition coefficient (Wildman–Crippen LogP) is 5.86. The Morgan fingerprint density at radius 1 is 1.00 bits per heavy atom. The van der Waals surface area contributed by atoms with E-state index in [1.165, 1.54) is 12.1 Å².